The van der Waals surface area contributed by atoms with Gasteiger partial charge in [-0.2, -0.15) is 4.98 Å². The van der Waals surface area contributed by atoms with Gasteiger partial charge in [0.1, 0.15) is 10.6 Å². The molecule has 0 amide bonds. The van der Waals surface area contributed by atoms with Crippen LogP contribution >= 0.6 is 11.3 Å². The molecule has 4 nitrogen and oxygen atoms in total. The number of hydrogen-bond acceptors (Lipinski definition) is 5. The van der Waals surface area contributed by atoms with Crippen molar-refractivity contribution in [2.75, 3.05) is 17.2 Å². The van der Waals surface area contributed by atoms with Gasteiger partial charge in [-0.15, -0.1) is 11.3 Å². The van der Waals surface area contributed by atoms with E-state index in [9.17, 15) is 0 Å². The molecular formula is C13H20N4S. The molecule has 0 aliphatic rings. The summed E-state index contributed by atoms with van der Waals surface area (Å²) in [7, 11) is 0. The number of hydrogen-bond donors (Lipinski definition) is 2. The summed E-state index contributed by atoms with van der Waals surface area (Å²) in [6.45, 7) is 9.29. The molecule has 98 valence electrons. The Morgan fingerprint density at radius 2 is 2.06 bits per heavy atom. The van der Waals surface area contributed by atoms with Gasteiger partial charge < -0.3 is 10.6 Å². The molecule has 0 saturated carbocycles. The molecule has 0 aliphatic carbocycles. The van der Waals surface area contributed by atoms with E-state index in [-0.39, 0.29) is 0 Å². The van der Waals surface area contributed by atoms with E-state index in [0.717, 1.165) is 29.0 Å². The Morgan fingerprint density at radius 1 is 1.28 bits per heavy atom. The normalized spacial score (nSPS) is 11.2. The van der Waals surface area contributed by atoms with E-state index in [1.165, 1.54) is 4.88 Å². The van der Waals surface area contributed by atoms with Crippen LogP contribution in [0.15, 0.2) is 6.07 Å². The van der Waals surface area contributed by atoms with Crippen molar-refractivity contribution in [1.29, 1.82) is 0 Å². The number of aromatic nitrogens is 2. The fourth-order valence-electron chi connectivity index (χ4n) is 1.77. The molecule has 2 rings (SSSR count). The highest BCUT2D eigenvalue weighted by Crippen LogP contribution is 2.30. The van der Waals surface area contributed by atoms with Gasteiger partial charge in [0.15, 0.2) is 0 Å². The van der Waals surface area contributed by atoms with Crippen LogP contribution < -0.4 is 10.6 Å². The maximum Gasteiger partial charge on any atom is 0.226 e. The molecule has 18 heavy (non-hydrogen) atoms. The van der Waals surface area contributed by atoms with Crippen LogP contribution in [0.4, 0.5) is 11.8 Å². The van der Waals surface area contributed by atoms with Crippen LogP contribution in [0.1, 0.15) is 32.6 Å². The minimum absolute atomic E-state index is 0.363. The van der Waals surface area contributed by atoms with Crippen LogP contribution in [-0.4, -0.2) is 22.6 Å². The third kappa shape index (κ3) is 2.72. The fraction of sp³-hybridized carbons (Fsp3) is 0.538. The first-order valence-corrected chi connectivity index (χ1v) is 7.26. The Hall–Kier alpha value is -1.36. The largest absolute Gasteiger partial charge is 0.367 e. The Balaban J connectivity index is 2.51. The number of rotatable bonds is 5. The van der Waals surface area contributed by atoms with Crippen molar-refractivity contribution in [3.05, 3.63) is 10.9 Å². The lowest BCUT2D eigenvalue weighted by Gasteiger charge is -2.11. The van der Waals surface area contributed by atoms with Gasteiger partial charge in [0.2, 0.25) is 5.95 Å². The van der Waals surface area contributed by atoms with Crippen LogP contribution in [0.2, 0.25) is 0 Å². The van der Waals surface area contributed by atoms with Crippen molar-refractivity contribution < 1.29 is 0 Å². The van der Waals surface area contributed by atoms with E-state index in [1.54, 1.807) is 11.3 Å². The zero-order valence-corrected chi connectivity index (χ0v) is 12.2. The molecule has 0 fully saturated rings. The lowest BCUT2D eigenvalue weighted by Crippen LogP contribution is -2.13. The predicted molar refractivity (Wildman–Crippen MR) is 79.7 cm³/mol. The molecule has 2 heterocycles. The summed E-state index contributed by atoms with van der Waals surface area (Å²) in [5, 5.41) is 7.72. The maximum absolute atomic E-state index is 4.56. The molecular weight excluding hydrogens is 244 g/mol. The maximum atomic E-state index is 4.56. The van der Waals surface area contributed by atoms with Crippen molar-refractivity contribution in [3.63, 3.8) is 0 Å². The summed E-state index contributed by atoms with van der Waals surface area (Å²) < 4.78 is 0. The zero-order chi connectivity index (χ0) is 13.1. The topological polar surface area (TPSA) is 49.8 Å². The van der Waals surface area contributed by atoms with E-state index < -0.39 is 0 Å². The standard InChI is InChI=1S/C13H20N4S/c1-5-9-7-10-11(15-8(3)4)16-13(14-6-2)17-12(10)18-9/h7-8H,5-6H2,1-4H3,(H2,14,15,16,17). The monoisotopic (exact) mass is 264 g/mol. The van der Waals surface area contributed by atoms with Gasteiger partial charge in [0.05, 0.1) is 5.39 Å². The quantitative estimate of drug-likeness (QED) is 0.867. The summed E-state index contributed by atoms with van der Waals surface area (Å²) >= 11 is 1.75. The molecule has 0 radical (unpaired) electrons. The summed E-state index contributed by atoms with van der Waals surface area (Å²) in [6, 6.07) is 2.56. The second kappa shape index (κ2) is 5.52. The first-order chi connectivity index (χ1) is 8.63. The Morgan fingerprint density at radius 3 is 2.67 bits per heavy atom. The third-order valence-corrected chi connectivity index (χ3v) is 3.73. The Kier molecular flexibility index (Phi) is 4.01. The Labute approximate surface area is 112 Å². The van der Waals surface area contributed by atoms with E-state index >= 15 is 0 Å². The van der Waals surface area contributed by atoms with Gasteiger partial charge in [-0.1, -0.05) is 6.92 Å². The number of fused-ring (bicyclic) bond motifs is 1. The molecule has 0 aromatic carbocycles. The van der Waals surface area contributed by atoms with Gasteiger partial charge in [-0.25, -0.2) is 4.98 Å². The van der Waals surface area contributed by atoms with Crippen LogP contribution in [0.25, 0.3) is 10.2 Å². The third-order valence-electron chi connectivity index (χ3n) is 2.55. The molecule has 2 aromatic heterocycles. The smallest absolute Gasteiger partial charge is 0.226 e. The molecule has 0 spiro atoms. The molecule has 0 saturated heterocycles. The van der Waals surface area contributed by atoms with Crippen LogP contribution in [-0.2, 0) is 6.42 Å². The number of aryl methyl sites for hydroxylation is 1. The minimum atomic E-state index is 0.363. The SMILES string of the molecule is CCNc1nc(NC(C)C)c2cc(CC)sc2n1. The lowest BCUT2D eigenvalue weighted by molar-refractivity contribution is 0.890. The van der Waals surface area contributed by atoms with Crippen molar-refractivity contribution in [1.82, 2.24) is 9.97 Å². The first kappa shape index (κ1) is 13.1. The summed E-state index contributed by atoms with van der Waals surface area (Å²) in [5.41, 5.74) is 0. The minimum Gasteiger partial charge on any atom is -0.367 e. The number of anilines is 2. The molecule has 5 heteroatoms. The molecule has 0 atom stereocenters. The highest BCUT2D eigenvalue weighted by Gasteiger charge is 2.11. The summed E-state index contributed by atoms with van der Waals surface area (Å²) in [4.78, 5) is 11.5. The number of nitrogens with zero attached hydrogens (tertiary/aromatic N) is 2. The number of thiophene rings is 1. The van der Waals surface area contributed by atoms with Crippen molar-refractivity contribution >= 4 is 33.3 Å². The van der Waals surface area contributed by atoms with Crippen molar-refractivity contribution in [3.8, 4) is 0 Å². The van der Waals surface area contributed by atoms with Gasteiger partial charge in [0, 0.05) is 17.5 Å². The van der Waals surface area contributed by atoms with Crippen molar-refractivity contribution in [2.45, 2.75) is 40.2 Å². The van der Waals surface area contributed by atoms with Gasteiger partial charge in [-0.3, -0.25) is 0 Å². The summed E-state index contributed by atoms with van der Waals surface area (Å²) in [5.74, 6) is 1.64. The van der Waals surface area contributed by atoms with E-state index in [4.69, 9.17) is 0 Å². The van der Waals surface area contributed by atoms with Gasteiger partial charge in [-0.05, 0) is 33.3 Å². The molecule has 0 bridgehead atoms. The van der Waals surface area contributed by atoms with Crippen molar-refractivity contribution in [2.24, 2.45) is 0 Å². The van der Waals surface area contributed by atoms with Gasteiger partial charge >= 0.3 is 0 Å². The highest BCUT2D eigenvalue weighted by atomic mass is 32.1. The second-order valence-corrected chi connectivity index (χ2v) is 5.63. The van der Waals surface area contributed by atoms with Crippen LogP contribution in [0.3, 0.4) is 0 Å². The number of nitrogens with one attached hydrogen (secondary N) is 2. The molecule has 2 N–H and O–H groups in total. The van der Waals surface area contributed by atoms with Crippen LogP contribution in [0.5, 0.6) is 0 Å². The first-order valence-electron chi connectivity index (χ1n) is 6.44. The van der Waals surface area contributed by atoms with Gasteiger partial charge in [0.25, 0.3) is 0 Å². The predicted octanol–water partition coefficient (Wildman–Crippen LogP) is 3.51. The average molecular weight is 264 g/mol. The Bertz CT molecular complexity index is 533. The summed E-state index contributed by atoms with van der Waals surface area (Å²) in [6.07, 6.45) is 1.04. The van der Waals surface area contributed by atoms with E-state index in [1.807, 2.05) is 0 Å². The van der Waals surface area contributed by atoms with E-state index in [0.29, 0.717) is 12.0 Å². The molecule has 0 aliphatic heterocycles. The highest BCUT2D eigenvalue weighted by molar-refractivity contribution is 7.18. The zero-order valence-electron chi connectivity index (χ0n) is 11.4. The molecule has 0 unspecified atom stereocenters. The van der Waals surface area contributed by atoms with Crippen LogP contribution in [0, 0.1) is 0 Å². The lowest BCUT2D eigenvalue weighted by atomic mass is 10.3. The molecule has 2 aromatic rings. The second-order valence-electron chi connectivity index (χ2n) is 4.51. The fourth-order valence-corrected chi connectivity index (χ4v) is 2.73. The van der Waals surface area contributed by atoms with E-state index in [2.05, 4.69) is 54.4 Å². The average Bonchev–Trinajstić information content (AvgIpc) is 2.72.